The van der Waals surface area contributed by atoms with Crippen LogP contribution >= 0.6 is 28.3 Å². The number of rotatable bonds is 1. The van der Waals surface area contributed by atoms with Gasteiger partial charge in [-0.05, 0) is 35.0 Å². The average Bonchev–Trinajstić information content (AvgIpc) is 2.20. The average molecular weight is 293 g/mol. The summed E-state index contributed by atoms with van der Waals surface area (Å²) in [5, 5.41) is 3.37. The molecule has 2 rings (SSSR count). The first kappa shape index (κ1) is 12.7. The molecule has 2 heterocycles. The Labute approximate surface area is 105 Å². The fourth-order valence-electron chi connectivity index (χ4n) is 1.72. The van der Waals surface area contributed by atoms with Gasteiger partial charge in [-0.15, -0.1) is 12.4 Å². The lowest BCUT2D eigenvalue weighted by Gasteiger charge is -2.34. The Morgan fingerprint density at radius 1 is 1.53 bits per heavy atom. The Kier molecular flexibility index (Phi) is 4.83. The van der Waals surface area contributed by atoms with Crippen molar-refractivity contribution < 1.29 is 0 Å². The van der Waals surface area contributed by atoms with Crippen LogP contribution in [0.5, 0.6) is 0 Å². The zero-order chi connectivity index (χ0) is 9.97. The third-order valence-corrected chi connectivity index (χ3v) is 2.98. The molecular formula is C10H15BrClN3. The lowest BCUT2D eigenvalue weighted by molar-refractivity contribution is 0.497. The number of nitrogens with zero attached hydrogens (tertiary/aromatic N) is 2. The molecule has 0 amide bonds. The molecule has 0 radical (unpaired) electrons. The van der Waals surface area contributed by atoms with Gasteiger partial charge < -0.3 is 10.2 Å². The van der Waals surface area contributed by atoms with Crippen LogP contribution in [0.3, 0.4) is 0 Å². The highest BCUT2D eigenvalue weighted by molar-refractivity contribution is 9.10. The van der Waals surface area contributed by atoms with E-state index < -0.39 is 0 Å². The number of hydrogen-bond acceptors (Lipinski definition) is 3. The van der Waals surface area contributed by atoms with Crippen LogP contribution in [0.1, 0.15) is 6.92 Å². The number of halogens is 2. The molecule has 1 fully saturated rings. The lowest BCUT2D eigenvalue weighted by Crippen LogP contribution is -2.50. The molecule has 0 spiro atoms. The summed E-state index contributed by atoms with van der Waals surface area (Å²) in [6, 6.07) is 4.63. The highest BCUT2D eigenvalue weighted by Gasteiger charge is 2.18. The Morgan fingerprint density at radius 2 is 2.33 bits per heavy atom. The molecule has 84 valence electrons. The molecule has 1 aliphatic rings. The summed E-state index contributed by atoms with van der Waals surface area (Å²) in [4.78, 5) is 6.74. The zero-order valence-corrected chi connectivity index (χ0v) is 11.0. The van der Waals surface area contributed by atoms with Gasteiger partial charge in [-0.3, -0.25) is 0 Å². The van der Waals surface area contributed by atoms with Crippen molar-refractivity contribution in [2.75, 3.05) is 24.5 Å². The van der Waals surface area contributed by atoms with Crippen LogP contribution in [0.2, 0.25) is 0 Å². The van der Waals surface area contributed by atoms with Gasteiger partial charge in [0, 0.05) is 36.3 Å². The van der Waals surface area contributed by atoms with Gasteiger partial charge in [0.25, 0.3) is 0 Å². The number of piperazine rings is 1. The molecule has 0 aliphatic carbocycles. The smallest absolute Gasteiger partial charge is 0.128 e. The SMILES string of the molecule is CC1CNCCN1c1ccc(Br)cn1.Cl. The van der Waals surface area contributed by atoms with E-state index in [0.29, 0.717) is 6.04 Å². The number of anilines is 1. The fraction of sp³-hybridized carbons (Fsp3) is 0.500. The van der Waals surface area contributed by atoms with E-state index in [0.717, 1.165) is 29.9 Å². The van der Waals surface area contributed by atoms with Gasteiger partial charge in [0.15, 0.2) is 0 Å². The first-order chi connectivity index (χ1) is 6.77. The molecule has 1 atom stereocenters. The second kappa shape index (κ2) is 5.68. The summed E-state index contributed by atoms with van der Waals surface area (Å²) in [6.45, 7) is 5.34. The number of aromatic nitrogens is 1. The molecule has 1 aliphatic heterocycles. The molecule has 0 saturated carbocycles. The van der Waals surface area contributed by atoms with Gasteiger partial charge in [0.1, 0.15) is 5.82 Å². The molecule has 5 heteroatoms. The van der Waals surface area contributed by atoms with E-state index >= 15 is 0 Å². The van der Waals surface area contributed by atoms with E-state index in [1.165, 1.54) is 0 Å². The molecule has 1 unspecified atom stereocenters. The van der Waals surface area contributed by atoms with Crippen LogP contribution in [0.15, 0.2) is 22.8 Å². The Bertz CT molecular complexity index is 304. The largest absolute Gasteiger partial charge is 0.351 e. The fourth-order valence-corrected chi connectivity index (χ4v) is 1.95. The second-order valence-corrected chi connectivity index (χ2v) is 4.50. The molecular weight excluding hydrogens is 277 g/mol. The van der Waals surface area contributed by atoms with Crippen molar-refractivity contribution in [2.45, 2.75) is 13.0 Å². The van der Waals surface area contributed by atoms with Crippen LogP contribution < -0.4 is 10.2 Å². The maximum absolute atomic E-state index is 4.40. The van der Waals surface area contributed by atoms with Gasteiger partial charge in [-0.2, -0.15) is 0 Å². The van der Waals surface area contributed by atoms with Crippen molar-refractivity contribution in [3.63, 3.8) is 0 Å². The first-order valence-electron chi connectivity index (χ1n) is 4.86. The monoisotopic (exact) mass is 291 g/mol. The summed E-state index contributed by atoms with van der Waals surface area (Å²) < 4.78 is 1.03. The van der Waals surface area contributed by atoms with Crippen LogP contribution in [0.25, 0.3) is 0 Å². The summed E-state index contributed by atoms with van der Waals surface area (Å²) in [7, 11) is 0. The van der Waals surface area contributed by atoms with Crippen molar-refractivity contribution in [2.24, 2.45) is 0 Å². The maximum Gasteiger partial charge on any atom is 0.128 e. The van der Waals surface area contributed by atoms with Gasteiger partial charge >= 0.3 is 0 Å². The first-order valence-corrected chi connectivity index (χ1v) is 5.65. The third-order valence-electron chi connectivity index (χ3n) is 2.51. The molecule has 1 saturated heterocycles. The minimum atomic E-state index is 0. The Morgan fingerprint density at radius 3 is 2.93 bits per heavy atom. The van der Waals surface area contributed by atoms with E-state index in [1.54, 1.807) is 0 Å². The van der Waals surface area contributed by atoms with Crippen molar-refractivity contribution in [3.8, 4) is 0 Å². The molecule has 1 aromatic heterocycles. The number of pyridine rings is 1. The van der Waals surface area contributed by atoms with E-state index in [1.807, 2.05) is 12.3 Å². The van der Waals surface area contributed by atoms with Crippen molar-refractivity contribution >= 4 is 34.2 Å². The number of nitrogens with one attached hydrogen (secondary N) is 1. The molecule has 1 N–H and O–H groups in total. The van der Waals surface area contributed by atoms with Crippen molar-refractivity contribution in [1.29, 1.82) is 0 Å². The van der Waals surface area contributed by atoms with E-state index in [-0.39, 0.29) is 12.4 Å². The maximum atomic E-state index is 4.40. The Balaban J connectivity index is 0.00000112. The topological polar surface area (TPSA) is 28.2 Å². The lowest BCUT2D eigenvalue weighted by atomic mass is 10.2. The summed E-state index contributed by atoms with van der Waals surface area (Å²) in [5.41, 5.74) is 0. The van der Waals surface area contributed by atoms with E-state index in [2.05, 4.69) is 44.1 Å². The predicted molar refractivity (Wildman–Crippen MR) is 68.9 cm³/mol. The summed E-state index contributed by atoms with van der Waals surface area (Å²) in [6.07, 6.45) is 1.85. The van der Waals surface area contributed by atoms with Gasteiger partial charge in [0.05, 0.1) is 0 Å². The van der Waals surface area contributed by atoms with Crippen LogP contribution in [0, 0.1) is 0 Å². The standard InChI is InChI=1S/C10H14BrN3.ClH/c1-8-6-12-4-5-14(8)10-3-2-9(11)7-13-10;/h2-3,7-8,12H,4-6H2,1H3;1H. The van der Waals surface area contributed by atoms with Gasteiger partial charge in [-0.25, -0.2) is 4.98 Å². The van der Waals surface area contributed by atoms with E-state index in [4.69, 9.17) is 0 Å². The summed E-state index contributed by atoms with van der Waals surface area (Å²) >= 11 is 3.39. The van der Waals surface area contributed by atoms with Crippen LogP contribution in [0.4, 0.5) is 5.82 Å². The molecule has 3 nitrogen and oxygen atoms in total. The second-order valence-electron chi connectivity index (χ2n) is 3.58. The minimum Gasteiger partial charge on any atom is -0.351 e. The predicted octanol–water partition coefficient (Wildman–Crippen LogP) is 2.06. The summed E-state index contributed by atoms with van der Waals surface area (Å²) in [5.74, 6) is 1.07. The highest BCUT2D eigenvalue weighted by Crippen LogP contribution is 2.17. The van der Waals surface area contributed by atoms with E-state index in [9.17, 15) is 0 Å². The Hall–Kier alpha value is -0.320. The molecule has 1 aromatic rings. The highest BCUT2D eigenvalue weighted by atomic mass is 79.9. The molecule has 15 heavy (non-hydrogen) atoms. The third kappa shape index (κ3) is 3.06. The quantitative estimate of drug-likeness (QED) is 0.859. The molecule has 0 bridgehead atoms. The van der Waals surface area contributed by atoms with Crippen LogP contribution in [-0.2, 0) is 0 Å². The normalized spacial score (nSPS) is 20.9. The van der Waals surface area contributed by atoms with Crippen molar-refractivity contribution in [1.82, 2.24) is 10.3 Å². The van der Waals surface area contributed by atoms with Crippen LogP contribution in [-0.4, -0.2) is 30.7 Å². The van der Waals surface area contributed by atoms with Gasteiger partial charge in [-0.1, -0.05) is 0 Å². The van der Waals surface area contributed by atoms with Gasteiger partial charge in [0.2, 0.25) is 0 Å². The minimum absolute atomic E-state index is 0. The van der Waals surface area contributed by atoms with Crippen molar-refractivity contribution in [3.05, 3.63) is 22.8 Å². The number of hydrogen-bond donors (Lipinski definition) is 1. The molecule has 0 aromatic carbocycles. The zero-order valence-electron chi connectivity index (χ0n) is 8.61.